The second-order valence-electron chi connectivity index (χ2n) is 4.52. The fourth-order valence-corrected chi connectivity index (χ4v) is 2.06. The number of hydrogen-bond acceptors (Lipinski definition) is 3. The Labute approximate surface area is 135 Å². The van der Waals surface area contributed by atoms with E-state index in [0.717, 1.165) is 13.1 Å². The van der Waals surface area contributed by atoms with E-state index >= 15 is 0 Å². The average molecular weight is 392 g/mol. The molecule has 0 radical (unpaired) electrons. The molecule has 2 rings (SSSR count). The molecule has 7 heteroatoms. The number of nitrogens with one attached hydrogen (secondary N) is 1. The number of carbonyl (C=O) groups excluding carboxylic acids is 1. The average Bonchev–Trinajstić information content (AvgIpc) is 2.98. The highest BCUT2D eigenvalue weighted by Crippen LogP contribution is 2.07. The molecule has 1 aliphatic heterocycles. The van der Waals surface area contributed by atoms with Gasteiger partial charge in [-0.3, -0.25) is 9.79 Å². The van der Waals surface area contributed by atoms with E-state index in [-0.39, 0.29) is 29.9 Å². The molecule has 3 N–H and O–H groups in total. The van der Waals surface area contributed by atoms with Gasteiger partial charge in [-0.1, -0.05) is 0 Å². The molecule has 0 aromatic carbocycles. The van der Waals surface area contributed by atoms with Gasteiger partial charge in [-0.25, -0.2) is 0 Å². The van der Waals surface area contributed by atoms with E-state index in [9.17, 15) is 4.79 Å². The Morgan fingerprint density at radius 3 is 2.80 bits per heavy atom. The molecule has 0 aliphatic carbocycles. The number of piperidine rings is 1. The third-order valence-electron chi connectivity index (χ3n) is 3.10. The zero-order valence-electron chi connectivity index (χ0n) is 11.4. The number of amides is 1. The normalized spacial score (nSPS) is 15.6. The van der Waals surface area contributed by atoms with Gasteiger partial charge in [0.05, 0.1) is 12.8 Å². The largest absolute Gasteiger partial charge is 0.459 e. The Morgan fingerprint density at radius 1 is 1.40 bits per heavy atom. The molecule has 6 nitrogen and oxygen atoms in total. The Morgan fingerprint density at radius 2 is 2.15 bits per heavy atom. The van der Waals surface area contributed by atoms with Crippen molar-refractivity contribution in [1.29, 1.82) is 0 Å². The van der Waals surface area contributed by atoms with Crippen LogP contribution in [0.15, 0.2) is 27.8 Å². The van der Waals surface area contributed by atoms with Crippen LogP contribution in [0, 0.1) is 0 Å². The molecule has 0 saturated carbocycles. The third-order valence-corrected chi connectivity index (χ3v) is 3.10. The number of likely N-dealkylation sites (tertiary alicyclic amines) is 1. The van der Waals surface area contributed by atoms with Gasteiger partial charge < -0.3 is 20.4 Å². The lowest BCUT2D eigenvalue weighted by atomic mass is 10.1. The first kappa shape index (κ1) is 16.8. The minimum Gasteiger partial charge on any atom is -0.459 e. The Kier molecular flexibility index (Phi) is 7.42. The molecule has 1 fully saturated rings. The number of nitrogens with two attached hydrogens (primary N) is 1. The van der Waals surface area contributed by atoms with Gasteiger partial charge in [0.2, 0.25) is 0 Å². The van der Waals surface area contributed by atoms with E-state index in [1.54, 1.807) is 12.1 Å². The minimum absolute atomic E-state index is 0. The lowest BCUT2D eigenvalue weighted by Gasteiger charge is -2.27. The van der Waals surface area contributed by atoms with Gasteiger partial charge in [0.25, 0.3) is 5.91 Å². The van der Waals surface area contributed by atoms with Crippen LogP contribution >= 0.6 is 24.0 Å². The highest BCUT2D eigenvalue weighted by Gasteiger charge is 2.11. The number of hydrogen-bond donors (Lipinski definition) is 2. The smallest absolute Gasteiger partial charge is 0.287 e. The molecule has 1 amide bonds. The van der Waals surface area contributed by atoms with Crippen molar-refractivity contribution in [2.24, 2.45) is 10.7 Å². The zero-order chi connectivity index (χ0) is 13.5. The lowest BCUT2D eigenvalue weighted by molar-refractivity contribution is 0.0927. The Balaban J connectivity index is 0.00000200. The molecular weight excluding hydrogens is 371 g/mol. The summed E-state index contributed by atoms with van der Waals surface area (Å²) in [5, 5.41) is 2.73. The number of guanidine groups is 1. The first-order chi connectivity index (χ1) is 9.27. The van der Waals surface area contributed by atoms with E-state index in [4.69, 9.17) is 10.2 Å². The molecular formula is C13H21IN4O2. The van der Waals surface area contributed by atoms with E-state index in [0.29, 0.717) is 24.8 Å². The summed E-state index contributed by atoms with van der Waals surface area (Å²) >= 11 is 0. The summed E-state index contributed by atoms with van der Waals surface area (Å²) < 4.78 is 4.99. The van der Waals surface area contributed by atoms with Gasteiger partial charge in [0, 0.05) is 19.6 Å². The maximum Gasteiger partial charge on any atom is 0.287 e. The number of nitrogens with zero attached hydrogens (tertiary/aromatic N) is 2. The van der Waals surface area contributed by atoms with Crippen molar-refractivity contribution in [2.45, 2.75) is 19.3 Å². The van der Waals surface area contributed by atoms with Crippen molar-refractivity contribution in [3.05, 3.63) is 24.2 Å². The first-order valence-electron chi connectivity index (χ1n) is 6.64. The van der Waals surface area contributed by atoms with E-state index in [2.05, 4.69) is 15.2 Å². The van der Waals surface area contributed by atoms with Gasteiger partial charge >= 0.3 is 0 Å². The van der Waals surface area contributed by atoms with Crippen molar-refractivity contribution in [3.8, 4) is 0 Å². The summed E-state index contributed by atoms with van der Waals surface area (Å²) in [7, 11) is 0. The number of rotatable bonds is 4. The summed E-state index contributed by atoms with van der Waals surface area (Å²) in [4.78, 5) is 17.9. The fourth-order valence-electron chi connectivity index (χ4n) is 2.06. The van der Waals surface area contributed by atoms with Crippen LogP contribution in [0.3, 0.4) is 0 Å². The van der Waals surface area contributed by atoms with Crippen molar-refractivity contribution in [3.63, 3.8) is 0 Å². The van der Waals surface area contributed by atoms with Crippen LogP contribution in [0.25, 0.3) is 0 Å². The molecule has 1 aliphatic rings. The van der Waals surface area contributed by atoms with Crippen molar-refractivity contribution >= 4 is 35.8 Å². The predicted octanol–water partition coefficient (Wildman–Crippen LogP) is 1.43. The topological polar surface area (TPSA) is 83.9 Å². The standard InChI is InChI=1S/C13H20N4O2.HI/c14-13(17-8-2-1-3-9-17)16-7-6-15-12(18)11-5-4-10-19-11;/h4-5,10H,1-3,6-9H2,(H2,14,16)(H,15,18);1H. The first-order valence-corrected chi connectivity index (χ1v) is 6.64. The van der Waals surface area contributed by atoms with Gasteiger partial charge in [0.15, 0.2) is 11.7 Å². The molecule has 112 valence electrons. The van der Waals surface area contributed by atoms with Crippen LogP contribution in [0.1, 0.15) is 29.8 Å². The van der Waals surface area contributed by atoms with Crippen LogP contribution in [-0.2, 0) is 0 Å². The van der Waals surface area contributed by atoms with Gasteiger partial charge in [-0.15, -0.1) is 24.0 Å². The molecule has 0 atom stereocenters. The van der Waals surface area contributed by atoms with Gasteiger partial charge in [0.1, 0.15) is 0 Å². The number of halogens is 1. The molecule has 0 unspecified atom stereocenters. The number of furan rings is 1. The van der Waals surface area contributed by atoms with Gasteiger partial charge in [-0.2, -0.15) is 0 Å². The number of carbonyl (C=O) groups is 1. The second kappa shape index (κ2) is 8.83. The predicted molar refractivity (Wildman–Crippen MR) is 88.4 cm³/mol. The van der Waals surface area contributed by atoms with Crippen LogP contribution in [0.5, 0.6) is 0 Å². The van der Waals surface area contributed by atoms with Crippen LogP contribution in [0.2, 0.25) is 0 Å². The SMILES string of the molecule is I.NC(=NCCNC(=O)c1ccco1)N1CCCCC1. The van der Waals surface area contributed by atoms with Crippen LogP contribution in [-0.4, -0.2) is 42.9 Å². The molecule has 0 bridgehead atoms. The van der Waals surface area contributed by atoms with Crippen molar-refractivity contribution in [2.75, 3.05) is 26.2 Å². The fraction of sp³-hybridized carbons (Fsp3) is 0.538. The van der Waals surface area contributed by atoms with Crippen molar-refractivity contribution < 1.29 is 9.21 Å². The van der Waals surface area contributed by atoms with E-state index in [1.807, 2.05) is 0 Å². The molecule has 2 heterocycles. The Hall–Kier alpha value is -1.25. The molecule has 20 heavy (non-hydrogen) atoms. The molecule has 0 spiro atoms. The lowest BCUT2D eigenvalue weighted by Crippen LogP contribution is -2.41. The Bertz CT molecular complexity index is 428. The molecule has 1 saturated heterocycles. The molecule has 1 aromatic rings. The van der Waals surface area contributed by atoms with Gasteiger partial charge in [-0.05, 0) is 31.4 Å². The summed E-state index contributed by atoms with van der Waals surface area (Å²) in [5.74, 6) is 0.664. The van der Waals surface area contributed by atoms with Crippen LogP contribution in [0.4, 0.5) is 0 Å². The second-order valence-corrected chi connectivity index (χ2v) is 4.52. The van der Waals surface area contributed by atoms with E-state index in [1.165, 1.54) is 25.5 Å². The maximum atomic E-state index is 11.6. The highest BCUT2D eigenvalue weighted by atomic mass is 127. The van der Waals surface area contributed by atoms with Crippen molar-refractivity contribution in [1.82, 2.24) is 10.2 Å². The zero-order valence-corrected chi connectivity index (χ0v) is 13.7. The van der Waals surface area contributed by atoms with Crippen LogP contribution < -0.4 is 11.1 Å². The summed E-state index contributed by atoms with van der Waals surface area (Å²) in [6.45, 7) is 2.89. The third kappa shape index (κ3) is 5.03. The highest BCUT2D eigenvalue weighted by molar-refractivity contribution is 14.0. The summed E-state index contributed by atoms with van der Waals surface area (Å²) in [6, 6.07) is 3.31. The minimum atomic E-state index is -0.225. The summed E-state index contributed by atoms with van der Waals surface area (Å²) in [5.41, 5.74) is 5.90. The molecule has 1 aromatic heterocycles. The maximum absolute atomic E-state index is 11.6. The number of aliphatic imine (C=N–C) groups is 1. The van der Waals surface area contributed by atoms with E-state index < -0.39 is 0 Å². The quantitative estimate of drug-likeness (QED) is 0.352. The summed E-state index contributed by atoms with van der Waals surface area (Å²) in [6.07, 6.45) is 5.08. The monoisotopic (exact) mass is 392 g/mol.